The van der Waals surface area contributed by atoms with Crippen molar-refractivity contribution < 1.29 is 0 Å². The predicted octanol–water partition coefficient (Wildman–Crippen LogP) is 1.61. The molecule has 3 heterocycles. The molecule has 1 aliphatic rings. The minimum absolute atomic E-state index is 0. The van der Waals surface area contributed by atoms with E-state index in [-0.39, 0.29) is 24.0 Å². The van der Waals surface area contributed by atoms with E-state index in [1.165, 1.54) is 5.56 Å². The second-order valence-electron chi connectivity index (χ2n) is 6.02. The van der Waals surface area contributed by atoms with Gasteiger partial charge in [-0.15, -0.1) is 24.0 Å². The fourth-order valence-corrected chi connectivity index (χ4v) is 3.14. The van der Waals surface area contributed by atoms with Crippen LogP contribution in [0.5, 0.6) is 0 Å². The fourth-order valence-electron chi connectivity index (χ4n) is 3.14. The van der Waals surface area contributed by atoms with Gasteiger partial charge >= 0.3 is 0 Å². The van der Waals surface area contributed by atoms with Crippen LogP contribution in [0.2, 0.25) is 0 Å². The Balaban J connectivity index is 0.00000208. The Bertz CT molecular complexity index is 676. The third-order valence-electron chi connectivity index (χ3n) is 4.46. The molecule has 2 aromatic heterocycles. The first-order valence-corrected chi connectivity index (χ1v) is 8.09. The fraction of sp³-hybridized carbons (Fsp3) is 0.562. The highest BCUT2D eigenvalue weighted by Crippen LogP contribution is 2.26. The smallest absolute Gasteiger partial charge is 0.193 e. The number of halogens is 1. The second kappa shape index (κ2) is 8.50. The highest BCUT2D eigenvalue weighted by atomic mass is 127. The lowest BCUT2D eigenvalue weighted by atomic mass is 10.0. The van der Waals surface area contributed by atoms with Crippen molar-refractivity contribution in [3.05, 3.63) is 36.2 Å². The van der Waals surface area contributed by atoms with Crippen LogP contribution in [0.3, 0.4) is 0 Å². The quantitative estimate of drug-likeness (QED) is 0.443. The molecule has 0 spiro atoms. The molecular formula is C16H26IN7. The number of aliphatic imine (C=N–C) groups is 1. The molecule has 0 bridgehead atoms. The Morgan fingerprint density at radius 1 is 1.46 bits per heavy atom. The molecule has 1 atom stereocenters. The van der Waals surface area contributed by atoms with E-state index in [4.69, 9.17) is 0 Å². The van der Waals surface area contributed by atoms with Gasteiger partial charge < -0.3 is 14.8 Å². The summed E-state index contributed by atoms with van der Waals surface area (Å²) in [4.78, 5) is 11.0. The van der Waals surface area contributed by atoms with Crippen LogP contribution in [0.15, 0.2) is 29.8 Å². The second-order valence-corrected chi connectivity index (χ2v) is 6.02. The zero-order chi connectivity index (χ0) is 16.2. The van der Waals surface area contributed by atoms with E-state index in [1.807, 2.05) is 44.3 Å². The van der Waals surface area contributed by atoms with E-state index < -0.39 is 0 Å². The van der Waals surface area contributed by atoms with Crippen LogP contribution in [0.25, 0.3) is 0 Å². The van der Waals surface area contributed by atoms with Crippen LogP contribution < -0.4 is 5.32 Å². The highest BCUT2D eigenvalue weighted by molar-refractivity contribution is 14.0. The number of hydrogen-bond acceptors (Lipinski definition) is 3. The zero-order valence-electron chi connectivity index (χ0n) is 14.5. The molecule has 7 nitrogen and oxygen atoms in total. The third-order valence-corrected chi connectivity index (χ3v) is 4.46. The van der Waals surface area contributed by atoms with Crippen molar-refractivity contribution in [3.63, 3.8) is 0 Å². The molecule has 2 aromatic rings. The van der Waals surface area contributed by atoms with Crippen molar-refractivity contribution in [2.24, 2.45) is 12.0 Å². The summed E-state index contributed by atoms with van der Waals surface area (Å²) in [6, 6.07) is 0. The van der Waals surface area contributed by atoms with E-state index in [9.17, 15) is 0 Å². The number of guanidine groups is 1. The monoisotopic (exact) mass is 443 g/mol. The van der Waals surface area contributed by atoms with Crippen LogP contribution in [-0.2, 0) is 13.6 Å². The summed E-state index contributed by atoms with van der Waals surface area (Å²) in [5.41, 5.74) is 1.32. The highest BCUT2D eigenvalue weighted by Gasteiger charge is 2.26. The van der Waals surface area contributed by atoms with Gasteiger partial charge in [0.15, 0.2) is 5.96 Å². The summed E-state index contributed by atoms with van der Waals surface area (Å²) in [7, 11) is 3.82. The number of aryl methyl sites for hydroxylation is 2. The van der Waals surface area contributed by atoms with E-state index in [1.54, 1.807) is 0 Å². The SMILES string of the molecule is CN=C(NCCn1ccnc1C)N1CCC(c2cnn(C)c2)C1.I. The van der Waals surface area contributed by atoms with Crippen LogP contribution in [0.4, 0.5) is 0 Å². The molecule has 1 unspecified atom stereocenters. The summed E-state index contributed by atoms with van der Waals surface area (Å²) in [6.45, 7) is 5.79. The number of imidazole rings is 1. The van der Waals surface area contributed by atoms with Gasteiger partial charge in [-0.25, -0.2) is 4.98 Å². The zero-order valence-corrected chi connectivity index (χ0v) is 16.8. The molecule has 0 radical (unpaired) electrons. The largest absolute Gasteiger partial charge is 0.354 e. The van der Waals surface area contributed by atoms with Gasteiger partial charge in [0, 0.05) is 64.8 Å². The average Bonchev–Trinajstić information content (AvgIpc) is 3.25. The van der Waals surface area contributed by atoms with Crippen LogP contribution in [-0.4, -0.2) is 56.9 Å². The molecule has 0 aliphatic carbocycles. The van der Waals surface area contributed by atoms with Crippen molar-refractivity contribution in [2.75, 3.05) is 26.7 Å². The standard InChI is InChI=1S/C16H25N7.HI/c1-13-18-5-8-22(13)9-6-19-16(17-2)23-7-4-14(12-23)15-10-20-21(3)11-15;/h5,8,10-11,14H,4,6-7,9,12H2,1-3H3,(H,17,19);1H. The van der Waals surface area contributed by atoms with E-state index >= 15 is 0 Å². The van der Waals surface area contributed by atoms with Gasteiger partial charge in [0.25, 0.3) is 0 Å². The summed E-state index contributed by atoms with van der Waals surface area (Å²) >= 11 is 0. The number of nitrogens with zero attached hydrogens (tertiary/aromatic N) is 6. The van der Waals surface area contributed by atoms with Gasteiger partial charge in [0.2, 0.25) is 0 Å². The molecule has 132 valence electrons. The van der Waals surface area contributed by atoms with E-state index in [2.05, 4.69) is 36.1 Å². The summed E-state index contributed by atoms with van der Waals surface area (Å²) < 4.78 is 4.02. The lowest BCUT2D eigenvalue weighted by Crippen LogP contribution is -2.41. The molecule has 0 saturated carbocycles. The number of aromatic nitrogens is 4. The molecule has 1 N–H and O–H groups in total. The third kappa shape index (κ3) is 4.28. The minimum atomic E-state index is 0. The lowest BCUT2D eigenvalue weighted by molar-refractivity contribution is 0.481. The maximum Gasteiger partial charge on any atom is 0.193 e. The average molecular weight is 443 g/mol. The Morgan fingerprint density at radius 3 is 2.92 bits per heavy atom. The Labute approximate surface area is 160 Å². The van der Waals surface area contributed by atoms with Crippen molar-refractivity contribution in [2.45, 2.75) is 25.8 Å². The number of nitrogens with one attached hydrogen (secondary N) is 1. The minimum Gasteiger partial charge on any atom is -0.354 e. The van der Waals surface area contributed by atoms with Gasteiger partial charge in [-0.3, -0.25) is 9.67 Å². The van der Waals surface area contributed by atoms with Crippen LogP contribution >= 0.6 is 24.0 Å². The first kappa shape index (κ1) is 18.8. The Morgan fingerprint density at radius 2 is 2.29 bits per heavy atom. The molecule has 1 saturated heterocycles. The lowest BCUT2D eigenvalue weighted by Gasteiger charge is -2.21. The maximum atomic E-state index is 4.43. The summed E-state index contributed by atoms with van der Waals surface area (Å²) in [5, 5.41) is 7.74. The van der Waals surface area contributed by atoms with Crippen molar-refractivity contribution >= 4 is 29.9 Å². The number of hydrogen-bond donors (Lipinski definition) is 1. The first-order valence-electron chi connectivity index (χ1n) is 8.09. The van der Waals surface area contributed by atoms with Gasteiger partial charge in [0.05, 0.1) is 6.20 Å². The normalized spacial score (nSPS) is 17.9. The van der Waals surface area contributed by atoms with Crippen molar-refractivity contribution in [1.82, 2.24) is 29.5 Å². The molecule has 8 heteroatoms. The van der Waals surface area contributed by atoms with Crippen molar-refractivity contribution in [1.29, 1.82) is 0 Å². The van der Waals surface area contributed by atoms with Crippen LogP contribution in [0.1, 0.15) is 23.7 Å². The molecule has 0 aromatic carbocycles. The summed E-state index contributed by atoms with van der Waals surface area (Å²) in [5.74, 6) is 2.56. The Kier molecular flexibility index (Phi) is 6.64. The number of rotatable bonds is 4. The molecule has 0 amide bonds. The topological polar surface area (TPSA) is 63.3 Å². The molecule has 1 aliphatic heterocycles. The molecule has 24 heavy (non-hydrogen) atoms. The van der Waals surface area contributed by atoms with E-state index in [0.29, 0.717) is 5.92 Å². The molecule has 3 rings (SSSR count). The summed E-state index contributed by atoms with van der Waals surface area (Å²) in [6.07, 6.45) is 9.09. The van der Waals surface area contributed by atoms with E-state index in [0.717, 1.165) is 44.4 Å². The van der Waals surface area contributed by atoms with Crippen LogP contribution in [0, 0.1) is 6.92 Å². The van der Waals surface area contributed by atoms with Gasteiger partial charge in [0.1, 0.15) is 5.82 Å². The Hall–Kier alpha value is -1.58. The van der Waals surface area contributed by atoms with Gasteiger partial charge in [-0.05, 0) is 18.9 Å². The van der Waals surface area contributed by atoms with Gasteiger partial charge in [-0.2, -0.15) is 5.10 Å². The first-order chi connectivity index (χ1) is 11.2. The maximum absolute atomic E-state index is 4.43. The molecule has 1 fully saturated rings. The molecular weight excluding hydrogens is 417 g/mol. The number of likely N-dealkylation sites (tertiary alicyclic amines) is 1. The van der Waals surface area contributed by atoms with Crippen molar-refractivity contribution in [3.8, 4) is 0 Å². The predicted molar refractivity (Wildman–Crippen MR) is 106 cm³/mol. The van der Waals surface area contributed by atoms with Gasteiger partial charge in [-0.1, -0.05) is 0 Å².